The average Bonchev–Trinajstić information content (AvgIpc) is 3.13. The van der Waals surface area contributed by atoms with Gasteiger partial charge in [0.25, 0.3) is 0 Å². The van der Waals surface area contributed by atoms with Gasteiger partial charge in [0.2, 0.25) is 5.91 Å². The van der Waals surface area contributed by atoms with E-state index in [2.05, 4.69) is 44.2 Å². The molecule has 0 atom stereocenters. The van der Waals surface area contributed by atoms with Crippen molar-refractivity contribution >= 4 is 22.6 Å². The van der Waals surface area contributed by atoms with Gasteiger partial charge in [0.1, 0.15) is 5.82 Å². The second kappa shape index (κ2) is 8.00. The lowest BCUT2D eigenvalue weighted by molar-refractivity contribution is -0.131. The summed E-state index contributed by atoms with van der Waals surface area (Å²) in [6, 6.07) is 8.32. The van der Waals surface area contributed by atoms with Crippen LogP contribution < -0.4 is 4.90 Å². The number of amides is 1. The van der Waals surface area contributed by atoms with Crippen molar-refractivity contribution in [1.82, 2.24) is 19.9 Å². The molecule has 1 aromatic carbocycles. The highest BCUT2D eigenvalue weighted by Gasteiger charge is 2.23. The second-order valence-corrected chi connectivity index (χ2v) is 7.50. The summed E-state index contributed by atoms with van der Waals surface area (Å²) in [5, 5.41) is 1.26. The van der Waals surface area contributed by atoms with Crippen molar-refractivity contribution in [3.8, 4) is 0 Å². The number of carbonyl (C=O) groups is 1. The summed E-state index contributed by atoms with van der Waals surface area (Å²) in [4.78, 5) is 29.2. The number of fused-ring (bicyclic) bond motifs is 1. The van der Waals surface area contributed by atoms with Gasteiger partial charge in [-0.2, -0.15) is 0 Å². The summed E-state index contributed by atoms with van der Waals surface area (Å²) in [6.07, 6.45) is 6.27. The summed E-state index contributed by atoms with van der Waals surface area (Å²) in [5.41, 5.74) is 4.33. The lowest BCUT2D eigenvalue weighted by Gasteiger charge is -2.36. The molecule has 146 valence electrons. The number of hydrogen-bond acceptors (Lipinski definition) is 4. The van der Waals surface area contributed by atoms with Gasteiger partial charge >= 0.3 is 0 Å². The zero-order valence-corrected chi connectivity index (χ0v) is 16.6. The molecule has 0 spiro atoms. The maximum Gasteiger partial charge on any atom is 0.222 e. The molecule has 6 heteroatoms. The zero-order valence-electron chi connectivity index (χ0n) is 16.6. The smallest absolute Gasteiger partial charge is 0.222 e. The van der Waals surface area contributed by atoms with Crippen LogP contribution in [0.2, 0.25) is 0 Å². The molecule has 4 rings (SSSR count). The van der Waals surface area contributed by atoms with Crippen LogP contribution in [0.5, 0.6) is 0 Å². The van der Waals surface area contributed by atoms with E-state index in [0.29, 0.717) is 6.42 Å². The lowest BCUT2D eigenvalue weighted by Crippen LogP contribution is -2.49. The maximum atomic E-state index is 12.6. The molecule has 3 aromatic rings. The summed E-state index contributed by atoms with van der Waals surface area (Å²) in [7, 11) is 0. The Morgan fingerprint density at radius 1 is 1.14 bits per heavy atom. The summed E-state index contributed by atoms with van der Waals surface area (Å²) in [5.74, 6) is 1.21. The summed E-state index contributed by atoms with van der Waals surface area (Å²) in [6.45, 7) is 7.08. The maximum absolute atomic E-state index is 12.6. The second-order valence-electron chi connectivity index (χ2n) is 7.50. The van der Waals surface area contributed by atoms with Gasteiger partial charge in [0.05, 0.1) is 11.4 Å². The Kier molecular flexibility index (Phi) is 5.28. The van der Waals surface area contributed by atoms with E-state index in [4.69, 9.17) is 0 Å². The van der Waals surface area contributed by atoms with Crippen LogP contribution in [0, 0.1) is 13.8 Å². The molecule has 1 aliphatic heterocycles. The van der Waals surface area contributed by atoms with Gasteiger partial charge in [-0.3, -0.25) is 9.78 Å². The minimum atomic E-state index is 0.256. The Balaban J connectivity index is 1.28. The third kappa shape index (κ3) is 3.86. The Labute approximate surface area is 165 Å². The topological polar surface area (TPSA) is 65.1 Å². The van der Waals surface area contributed by atoms with Crippen molar-refractivity contribution < 1.29 is 4.79 Å². The third-order valence-electron chi connectivity index (χ3n) is 5.49. The van der Waals surface area contributed by atoms with Crippen LogP contribution in [0.4, 0.5) is 5.82 Å². The molecule has 1 amide bonds. The number of rotatable bonds is 5. The first-order valence-electron chi connectivity index (χ1n) is 10.00. The van der Waals surface area contributed by atoms with E-state index in [0.717, 1.165) is 61.7 Å². The number of para-hydroxylation sites is 1. The van der Waals surface area contributed by atoms with Gasteiger partial charge in [-0.05, 0) is 38.3 Å². The quantitative estimate of drug-likeness (QED) is 0.741. The first-order valence-corrected chi connectivity index (χ1v) is 10.00. The SMILES string of the molecule is Cc1cnc(C)c(N2CCN(C(=O)CCCc3c[nH]c4ccccc34)CC2)n1. The number of piperazine rings is 1. The van der Waals surface area contributed by atoms with Crippen molar-refractivity contribution in [1.29, 1.82) is 0 Å². The predicted octanol–water partition coefficient (Wildman–Crippen LogP) is 3.25. The van der Waals surface area contributed by atoms with E-state index < -0.39 is 0 Å². The largest absolute Gasteiger partial charge is 0.361 e. The normalized spacial score (nSPS) is 14.6. The average molecular weight is 377 g/mol. The molecular weight excluding hydrogens is 350 g/mol. The molecule has 6 nitrogen and oxygen atoms in total. The van der Waals surface area contributed by atoms with Crippen LogP contribution in [0.1, 0.15) is 29.8 Å². The van der Waals surface area contributed by atoms with E-state index >= 15 is 0 Å². The van der Waals surface area contributed by atoms with Crippen LogP contribution >= 0.6 is 0 Å². The molecule has 1 saturated heterocycles. The Morgan fingerprint density at radius 2 is 1.93 bits per heavy atom. The van der Waals surface area contributed by atoms with Crippen LogP contribution in [0.15, 0.2) is 36.7 Å². The number of aryl methyl sites for hydroxylation is 3. The number of carbonyl (C=O) groups excluding carboxylic acids is 1. The number of aromatic nitrogens is 3. The first kappa shape index (κ1) is 18.5. The van der Waals surface area contributed by atoms with Gasteiger partial charge in [-0.25, -0.2) is 4.98 Å². The lowest BCUT2D eigenvalue weighted by atomic mass is 10.1. The molecule has 3 heterocycles. The van der Waals surface area contributed by atoms with Crippen molar-refractivity contribution in [3.63, 3.8) is 0 Å². The molecule has 2 aromatic heterocycles. The molecule has 0 radical (unpaired) electrons. The fourth-order valence-corrected chi connectivity index (χ4v) is 3.92. The molecule has 1 fully saturated rings. The number of H-pyrrole nitrogens is 1. The van der Waals surface area contributed by atoms with E-state index in [1.165, 1.54) is 10.9 Å². The first-order chi connectivity index (χ1) is 13.6. The predicted molar refractivity (Wildman–Crippen MR) is 112 cm³/mol. The number of nitrogens with one attached hydrogen (secondary N) is 1. The standard InChI is InChI=1S/C22H27N5O/c1-16-14-23-17(2)22(25-16)27-12-10-26(11-13-27)21(28)9-5-6-18-15-24-20-8-4-3-7-19(18)20/h3-4,7-8,14-15,24H,5-6,9-13H2,1-2H3. The molecule has 0 unspecified atom stereocenters. The number of benzene rings is 1. The minimum Gasteiger partial charge on any atom is -0.361 e. The van der Waals surface area contributed by atoms with Crippen molar-refractivity contribution in [2.75, 3.05) is 31.1 Å². The van der Waals surface area contributed by atoms with Crippen molar-refractivity contribution in [3.05, 3.63) is 53.6 Å². The van der Waals surface area contributed by atoms with E-state index in [1.807, 2.05) is 24.8 Å². The number of nitrogens with zero attached hydrogens (tertiary/aromatic N) is 4. The van der Waals surface area contributed by atoms with E-state index in [1.54, 1.807) is 6.20 Å². The van der Waals surface area contributed by atoms with Crippen LogP contribution in [-0.2, 0) is 11.2 Å². The highest BCUT2D eigenvalue weighted by Crippen LogP contribution is 2.20. The highest BCUT2D eigenvalue weighted by molar-refractivity contribution is 5.83. The van der Waals surface area contributed by atoms with Crippen LogP contribution in [0.3, 0.4) is 0 Å². The molecule has 0 bridgehead atoms. The molecule has 1 aliphatic rings. The van der Waals surface area contributed by atoms with Gasteiger partial charge in [0, 0.05) is 55.9 Å². The fraction of sp³-hybridized carbons (Fsp3) is 0.409. The monoisotopic (exact) mass is 377 g/mol. The van der Waals surface area contributed by atoms with E-state index in [-0.39, 0.29) is 5.91 Å². The Morgan fingerprint density at radius 3 is 2.75 bits per heavy atom. The summed E-state index contributed by atoms with van der Waals surface area (Å²) >= 11 is 0. The van der Waals surface area contributed by atoms with E-state index in [9.17, 15) is 4.79 Å². The molecule has 0 saturated carbocycles. The van der Waals surface area contributed by atoms with Gasteiger partial charge in [-0.1, -0.05) is 18.2 Å². The Hall–Kier alpha value is -2.89. The number of hydrogen-bond donors (Lipinski definition) is 1. The van der Waals surface area contributed by atoms with Crippen LogP contribution in [0.25, 0.3) is 10.9 Å². The minimum absolute atomic E-state index is 0.256. The molecule has 0 aliphatic carbocycles. The fourth-order valence-electron chi connectivity index (χ4n) is 3.92. The van der Waals surface area contributed by atoms with Crippen LogP contribution in [-0.4, -0.2) is 51.9 Å². The zero-order chi connectivity index (χ0) is 19.5. The van der Waals surface area contributed by atoms with Crippen molar-refractivity contribution in [2.45, 2.75) is 33.1 Å². The molecular formula is C22H27N5O. The van der Waals surface area contributed by atoms with Gasteiger partial charge in [0.15, 0.2) is 0 Å². The third-order valence-corrected chi connectivity index (χ3v) is 5.49. The van der Waals surface area contributed by atoms with Gasteiger partial charge < -0.3 is 14.8 Å². The Bertz CT molecular complexity index is 972. The molecule has 1 N–H and O–H groups in total. The van der Waals surface area contributed by atoms with Gasteiger partial charge in [-0.15, -0.1) is 0 Å². The molecule has 28 heavy (non-hydrogen) atoms. The number of aromatic amines is 1. The summed E-state index contributed by atoms with van der Waals surface area (Å²) < 4.78 is 0. The number of anilines is 1. The highest BCUT2D eigenvalue weighted by atomic mass is 16.2. The van der Waals surface area contributed by atoms with Crippen molar-refractivity contribution in [2.24, 2.45) is 0 Å².